The summed E-state index contributed by atoms with van der Waals surface area (Å²) in [6.07, 6.45) is 7.21. The lowest BCUT2D eigenvalue weighted by atomic mass is 9.61. The Labute approximate surface area is 185 Å². The number of ether oxygens (including phenoxy) is 1. The summed E-state index contributed by atoms with van der Waals surface area (Å²) in [5, 5.41) is 0. The van der Waals surface area contributed by atoms with Crippen LogP contribution in [0.4, 0.5) is 11.4 Å². The molecule has 3 aromatic rings. The maximum absolute atomic E-state index is 6.54. The van der Waals surface area contributed by atoms with E-state index >= 15 is 0 Å². The van der Waals surface area contributed by atoms with E-state index in [9.17, 15) is 0 Å². The van der Waals surface area contributed by atoms with E-state index in [0.717, 1.165) is 24.3 Å². The molecule has 1 saturated carbocycles. The fourth-order valence-corrected chi connectivity index (χ4v) is 6.57. The molecule has 0 spiro atoms. The van der Waals surface area contributed by atoms with Gasteiger partial charge in [0.15, 0.2) is 0 Å². The average molecular weight is 410 g/mol. The van der Waals surface area contributed by atoms with E-state index in [4.69, 9.17) is 4.74 Å². The predicted molar refractivity (Wildman–Crippen MR) is 128 cm³/mol. The molecular formula is C29H31NO. The second-order valence-corrected chi connectivity index (χ2v) is 10.1. The zero-order valence-electron chi connectivity index (χ0n) is 18.9. The summed E-state index contributed by atoms with van der Waals surface area (Å²) in [4.78, 5) is 2.73. The molecule has 0 N–H and O–H groups in total. The Bertz CT molecular complexity index is 1180. The van der Waals surface area contributed by atoms with Crippen LogP contribution in [0.2, 0.25) is 0 Å². The van der Waals surface area contributed by atoms with Crippen LogP contribution in [0.15, 0.2) is 60.7 Å². The highest BCUT2D eigenvalue weighted by Gasteiger charge is 2.58. The third-order valence-electron chi connectivity index (χ3n) is 8.52. The Morgan fingerprint density at radius 2 is 1.58 bits per heavy atom. The number of fused-ring (bicyclic) bond motifs is 5. The van der Waals surface area contributed by atoms with Gasteiger partial charge < -0.3 is 9.64 Å². The van der Waals surface area contributed by atoms with Crippen LogP contribution in [0.25, 0.3) is 0 Å². The van der Waals surface area contributed by atoms with Crippen LogP contribution >= 0.6 is 0 Å². The van der Waals surface area contributed by atoms with Crippen LogP contribution in [0.3, 0.4) is 0 Å². The van der Waals surface area contributed by atoms with Gasteiger partial charge in [-0.25, -0.2) is 0 Å². The Hall–Kier alpha value is -2.74. The number of anilines is 2. The van der Waals surface area contributed by atoms with Crippen molar-refractivity contribution >= 4 is 11.4 Å². The van der Waals surface area contributed by atoms with Gasteiger partial charge >= 0.3 is 0 Å². The second-order valence-electron chi connectivity index (χ2n) is 10.1. The van der Waals surface area contributed by atoms with Crippen LogP contribution in [0.5, 0.6) is 11.5 Å². The van der Waals surface area contributed by atoms with Crippen molar-refractivity contribution < 1.29 is 4.74 Å². The monoisotopic (exact) mass is 409 g/mol. The molecule has 3 aromatic carbocycles. The van der Waals surface area contributed by atoms with E-state index in [1.165, 1.54) is 53.7 Å². The molecule has 2 unspecified atom stereocenters. The second kappa shape index (κ2) is 6.63. The van der Waals surface area contributed by atoms with Crippen molar-refractivity contribution in [2.45, 2.75) is 70.3 Å². The number of para-hydroxylation sites is 2. The summed E-state index contributed by atoms with van der Waals surface area (Å²) in [7, 11) is 0. The first-order valence-electron chi connectivity index (χ1n) is 11.8. The number of aryl methyl sites for hydroxylation is 2. The fraction of sp³-hybridized carbons (Fsp3) is 0.379. The number of hydrogen-bond donors (Lipinski definition) is 0. The van der Waals surface area contributed by atoms with Crippen LogP contribution in [0, 0.1) is 6.92 Å². The van der Waals surface area contributed by atoms with Gasteiger partial charge in [0.25, 0.3) is 0 Å². The maximum Gasteiger partial charge on any atom is 0.132 e. The zero-order valence-corrected chi connectivity index (χ0v) is 18.9. The van der Waals surface area contributed by atoms with Gasteiger partial charge in [0.1, 0.15) is 11.5 Å². The zero-order chi connectivity index (χ0) is 21.2. The van der Waals surface area contributed by atoms with Crippen molar-refractivity contribution in [2.24, 2.45) is 0 Å². The molecule has 2 aliphatic heterocycles. The average Bonchev–Trinajstić information content (AvgIpc) is 2.87. The SMILES string of the molecule is Cc1ccccc1Oc1cccc2c1CCc1cccc3c1N2C1(C)CCCCC31C. The molecule has 1 aliphatic carbocycles. The van der Waals surface area contributed by atoms with E-state index in [2.05, 4.69) is 86.3 Å². The topological polar surface area (TPSA) is 12.5 Å². The molecule has 0 saturated heterocycles. The Kier molecular flexibility index (Phi) is 4.06. The molecule has 0 bridgehead atoms. The van der Waals surface area contributed by atoms with Crippen LogP contribution in [0.1, 0.15) is 61.8 Å². The third-order valence-corrected chi connectivity index (χ3v) is 8.52. The van der Waals surface area contributed by atoms with Gasteiger partial charge in [0, 0.05) is 22.4 Å². The normalized spacial score (nSPS) is 26.0. The lowest BCUT2D eigenvalue weighted by Gasteiger charge is -2.50. The summed E-state index contributed by atoms with van der Waals surface area (Å²) in [6.45, 7) is 7.15. The molecule has 6 rings (SSSR count). The van der Waals surface area contributed by atoms with Crippen molar-refractivity contribution in [3.8, 4) is 11.5 Å². The summed E-state index contributed by atoms with van der Waals surface area (Å²) in [5.41, 5.74) is 8.71. The van der Waals surface area contributed by atoms with Crippen molar-refractivity contribution in [3.05, 3.63) is 82.9 Å². The minimum atomic E-state index is 0.101. The molecule has 2 nitrogen and oxygen atoms in total. The highest BCUT2D eigenvalue weighted by Crippen LogP contribution is 2.63. The van der Waals surface area contributed by atoms with E-state index < -0.39 is 0 Å². The number of hydrogen-bond acceptors (Lipinski definition) is 2. The Morgan fingerprint density at radius 1 is 0.806 bits per heavy atom. The lowest BCUT2D eigenvalue weighted by Crippen LogP contribution is -2.54. The van der Waals surface area contributed by atoms with Gasteiger partial charge in [-0.05, 0) is 74.4 Å². The first-order valence-corrected chi connectivity index (χ1v) is 11.8. The van der Waals surface area contributed by atoms with E-state index in [-0.39, 0.29) is 11.0 Å². The molecule has 2 heteroatoms. The van der Waals surface area contributed by atoms with Gasteiger partial charge in [-0.1, -0.05) is 62.2 Å². The van der Waals surface area contributed by atoms with Crippen molar-refractivity contribution in [1.29, 1.82) is 0 Å². The molecular weight excluding hydrogens is 378 g/mol. The fourth-order valence-electron chi connectivity index (χ4n) is 6.57. The number of nitrogens with zero attached hydrogens (tertiary/aromatic N) is 1. The predicted octanol–water partition coefficient (Wildman–Crippen LogP) is 7.63. The van der Waals surface area contributed by atoms with Crippen molar-refractivity contribution in [2.75, 3.05) is 4.90 Å². The number of benzene rings is 3. The first-order chi connectivity index (χ1) is 15.0. The molecule has 0 amide bonds. The van der Waals surface area contributed by atoms with Crippen molar-refractivity contribution in [3.63, 3.8) is 0 Å². The summed E-state index contributed by atoms with van der Waals surface area (Å²) >= 11 is 0. The Morgan fingerprint density at radius 3 is 2.45 bits per heavy atom. The Balaban J connectivity index is 1.56. The van der Waals surface area contributed by atoms with Gasteiger partial charge in [0.2, 0.25) is 0 Å². The van der Waals surface area contributed by atoms with E-state index in [1.807, 2.05) is 0 Å². The molecule has 2 atom stereocenters. The van der Waals surface area contributed by atoms with E-state index in [0.29, 0.717) is 0 Å². The van der Waals surface area contributed by atoms with Crippen LogP contribution in [-0.2, 0) is 18.3 Å². The smallest absolute Gasteiger partial charge is 0.132 e. The van der Waals surface area contributed by atoms with E-state index in [1.54, 1.807) is 5.56 Å². The molecule has 3 aliphatic rings. The molecule has 158 valence electrons. The summed E-state index contributed by atoms with van der Waals surface area (Å²) < 4.78 is 6.54. The summed E-state index contributed by atoms with van der Waals surface area (Å²) in [5.74, 6) is 1.96. The van der Waals surface area contributed by atoms with Gasteiger partial charge in [-0.2, -0.15) is 0 Å². The van der Waals surface area contributed by atoms with Crippen molar-refractivity contribution in [1.82, 2.24) is 0 Å². The minimum absolute atomic E-state index is 0.101. The first kappa shape index (κ1) is 19.0. The molecule has 2 heterocycles. The molecule has 0 aromatic heterocycles. The highest BCUT2D eigenvalue weighted by atomic mass is 16.5. The highest BCUT2D eigenvalue weighted by molar-refractivity contribution is 5.83. The molecule has 0 radical (unpaired) electrons. The van der Waals surface area contributed by atoms with Crippen LogP contribution < -0.4 is 9.64 Å². The summed E-state index contributed by atoms with van der Waals surface area (Å²) in [6, 6.07) is 22.0. The largest absolute Gasteiger partial charge is 0.457 e. The quantitative estimate of drug-likeness (QED) is 0.431. The molecule has 31 heavy (non-hydrogen) atoms. The third kappa shape index (κ3) is 2.51. The lowest BCUT2D eigenvalue weighted by molar-refractivity contribution is 0.194. The van der Waals surface area contributed by atoms with Gasteiger partial charge in [0.05, 0.1) is 5.54 Å². The van der Waals surface area contributed by atoms with Gasteiger partial charge in [-0.15, -0.1) is 0 Å². The molecule has 1 fully saturated rings. The van der Waals surface area contributed by atoms with Gasteiger partial charge in [-0.3, -0.25) is 0 Å². The van der Waals surface area contributed by atoms with Crippen LogP contribution in [-0.4, -0.2) is 5.54 Å². The minimum Gasteiger partial charge on any atom is -0.457 e. The standard InChI is InChI=1S/C29H31NO/c1-20-10-4-5-14-25(20)31-26-15-9-13-24-22(26)17-16-21-11-8-12-23-27(21)30(24)29(3)19-7-6-18-28(23,29)2/h4-5,8-15H,6-7,16-19H2,1-3H3. The maximum atomic E-state index is 6.54. The number of rotatable bonds is 2.